The number of hydrogen-bond acceptors (Lipinski definition) is 9. The Labute approximate surface area is 271 Å². The van der Waals surface area contributed by atoms with Crippen LogP contribution in [0.5, 0.6) is 11.5 Å². The number of halogens is 6. The third-order valence-electron chi connectivity index (χ3n) is 7.12. The highest BCUT2D eigenvalue weighted by molar-refractivity contribution is 7.89. The lowest BCUT2D eigenvalue weighted by molar-refractivity contribution is -0.275. The Morgan fingerprint density at radius 2 is 1.48 bits per heavy atom. The molecule has 3 aromatic rings. The lowest BCUT2D eigenvalue weighted by Crippen LogP contribution is -2.60. The van der Waals surface area contributed by atoms with Crippen molar-refractivity contribution in [2.24, 2.45) is 0 Å². The van der Waals surface area contributed by atoms with Crippen molar-refractivity contribution >= 4 is 27.7 Å². The van der Waals surface area contributed by atoms with Gasteiger partial charge >= 0.3 is 12.7 Å². The van der Waals surface area contributed by atoms with Crippen LogP contribution in [0, 0.1) is 0 Å². The van der Waals surface area contributed by atoms with E-state index in [-0.39, 0.29) is 43.7 Å². The molecule has 19 heteroatoms. The van der Waals surface area contributed by atoms with E-state index in [0.29, 0.717) is 12.0 Å². The van der Waals surface area contributed by atoms with E-state index < -0.39 is 57.0 Å². The van der Waals surface area contributed by atoms with Crippen LogP contribution in [0.3, 0.4) is 0 Å². The SMILES string of the molecule is CC[C@H](C)NC(=O)c1ccc(N2CCN(S(=O)(=O)c3ccc(OC(F)(F)F)cc3)[C@@H](C(=O)NCc3ccc(OC(F)(F)F)cc3)C2)nn1. The Bertz CT molecular complexity index is 1670. The first-order valence-electron chi connectivity index (χ1n) is 14.3. The molecule has 0 aliphatic carbocycles. The van der Waals surface area contributed by atoms with Crippen molar-refractivity contribution in [3.8, 4) is 11.5 Å². The van der Waals surface area contributed by atoms with Crippen molar-refractivity contribution in [3.63, 3.8) is 0 Å². The van der Waals surface area contributed by atoms with E-state index in [1.165, 1.54) is 24.3 Å². The summed E-state index contributed by atoms with van der Waals surface area (Å²) in [6, 6.07) is 9.54. The molecule has 2 aromatic carbocycles. The van der Waals surface area contributed by atoms with Gasteiger partial charge in [-0.3, -0.25) is 9.59 Å². The van der Waals surface area contributed by atoms with Crippen LogP contribution in [0.15, 0.2) is 65.6 Å². The largest absolute Gasteiger partial charge is 0.573 e. The molecule has 0 bridgehead atoms. The lowest BCUT2D eigenvalue weighted by Gasteiger charge is -2.40. The maximum Gasteiger partial charge on any atom is 0.573 e. The number of carbonyl (C=O) groups excluding carboxylic acids is 2. The smallest absolute Gasteiger partial charge is 0.406 e. The fourth-order valence-electron chi connectivity index (χ4n) is 4.56. The summed E-state index contributed by atoms with van der Waals surface area (Å²) < 4.78 is 111. The quantitative estimate of drug-likeness (QED) is 0.283. The number of piperazine rings is 1. The van der Waals surface area contributed by atoms with Gasteiger partial charge in [0.15, 0.2) is 11.5 Å². The van der Waals surface area contributed by atoms with Crippen LogP contribution in [0.4, 0.5) is 32.2 Å². The van der Waals surface area contributed by atoms with Crippen molar-refractivity contribution < 1.29 is 53.8 Å². The van der Waals surface area contributed by atoms with E-state index in [1.807, 2.05) is 13.8 Å². The minimum atomic E-state index is -5.00. The molecule has 1 aromatic heterocycles. The molecule has 1 saturated heterocycles. The van der Waals surface area contributed by atoms with Crippen molar-refractivity contribution in [2.75, 3.05) is 24.5 Å². The van der Waals surface area contributed by atoms with Crippen LogP contribution in [0.1, 0.15) is 36.3 Å². The summed E-state index contributed by atoms with van der Waals surface area (Å²) in [4.78, 5) is 27.1. The number of sulfonamides is 1. The van der Waals surface area contributed by atoms with E-state index in [2.05, 4.69) is 30.3 Å². The third-order valence-corrected chi connectivity index (χ3v) is 9.04. The van der Waals surface area contributed by atoms with E-state index in [4.69, 9.17) is 0 Å². The molecule has 12 nitrogen and oxygen atoms in total. The molecule has 0 unspecified atom stereocenters. The van der Waals surface area contributed by atoms with E-state index in [1.54, 1.807) is 4.90 Å². The van der Waals surface area contributed by atoms with Crippen LogP contribution in [0.25, 0.3) is 0 Å². The van der Waals surface area contributed by atoms with Gasteiger partial charge in [-0.2, -0.15) is 4.31 Å². The van der Waals surface area contributed by atoms with Crippen LogP contribution in [-0.4, -0.2) is 79.2 Å². The average molecular weight is 705 g/mol. The molecule has 48 heavy (non-hydrogen) atoms. The first-order valence-corrected chi connectivity index (χ1v) is 15.8. The average Bonchev–Trinajstić information content (AvgIpc) is 3.02. The second-order valence-corrected chi connectivity index (χ2v) is 12.5. The zero-order valence-corrected chi connectivity index (χ0v) is 26.2. The molecule has 2 amide bonds. The van der Waals surface area contributed by atoms with Gasteiger partial charge in [0.2, 0.25) is 15.9 Å². The van der Waals surface area contributed by atoms with Crippen LogP contribution in [0.2, 0.25) is 0 Å². The molecule has 4 rings (SSSR count). The minimum Gasteiger partial charge on any atom is -0.406 e. The summed E-state index contributed by atoms with van der Waals surface area (Å²) in [5.41, 5.74) is 0.413. The van der Waals surface area contributed by atoms with Crippen LogP contribution < -0.4 is 25.0 Å². The highest BCUT2D eigenvalue weighted by atomic mass is 32.2. The number of aromatic nitrogens is 2. The Morgan fingerprint density at radius 3 is 2.00 bits per heavy atom. The van der Waals surface area contributed by atoms with E-state index in [0.717, 1.165) is 40.7 Å². The number of hydrogen-bond donors (Lipinski definition) is 2. The second-order valence-electron chi connectivity index (χ2n) is 10.6. The predicted octanol–water partition coefficient (Wildman–Crippen LogP) is 4.00. The maximum atomic E-state index is 13.7. The number of rotatable bonds is 11. The number of ether oxygens (including phenoxy) is 2. The molecular weight excluding hydrogens is 674 g/mol. The van der Waals surface area contributed by atoms with Crippen molar-refractivity contribution in [2.45, 2.75) is 56.5 Å². The van der Waals surface area contributed by atoms with Gasteiger partial charge in [-0.05, 0) is 67.4 Å². The van der Waals surface area contributed by atoms with Crippen LogP contribution >= 0.6 is 0 Å². The Hall–Kier alpha value is -4.65. The molecular formula is C29H30F6N6O6S. The molecule has 1 aliphatic heterocycles. The number of nitrogens with zero attached hydrogens (tertiary/aromatic N) is 4. The zero-order chi connectivity index (χ0) is 35.3. The van der Waals surface area contributed by atoms with Gasteiger partial charge < -0.3 is 25.0 Å². The highest BCUT2D eigenvalue weighted by Crippen LogP contribution is 2.28. The molecule has 2 heterocycles. The fourth-order valence-corrected chi connectivity index (χ4v) is 6.13. The van der Waals surface area contributed by atoms with Crippen molar-refractivity contribution in [3.05, 3.63) is 71.9 Å². The van der Waals surface area contributed by atoms with Crippen molar-refractivity contribution in [1.29, 1.82) is 0 Å². The summed E-state index contributed by atoms with van der Waals surface area (Å²) >= 11 is 0. The summed E-state index contributed by atoms with van der Waals surface area (Å²) in [6.07, 6.45) is -9.20. The second kappa shape index (κ2) is 14.6. The molecule has 2 N–H and O–H groups in total. The molecule has 2 atom stereocenters. The molecule has 0 saturated carbocycles. The lowest BCUT2D eigenvalue weighted by atomic mass is 10.1. The molecule has 1 aliphatic rings. The van der Waals surface area contributed by atoms with Crippen molar-refractivity contribution in [1.82, 2.24) is 25.1 Å². The van der Waals surface area contributed by atoms with Gasteiger partial charge in [0, 0.05) is 32.2 Å². The van der Waals surface area contributed by atoms with E-state index >= 15 is 0 Å². The number of amides is 2. The van der Waals surface area contributed by atoms with E-state index in [9.17, 15) is 44.3 Å². The van der Waals surface area contributed by atoms with Gasteiger partial charge in [-0.15, -0.1) is 36.5 Å². The first kappa shape index (κ1) is 36.2. The number of carbonyl (C=O) groups is 2. The van der Waals surface area contributed by atoms with Gasteiger partial charge in [-0.25, -0.2) is 8.42 Å². The Morgan fingerprint density at radius 1 is 0.896 bits per heavy atom. The normalized spacial score (nSPS) is 16.6. The summed E-state index contributed by atoms with van der Waals surface area (Å²) in [7, 11) is -4.46. The molecule has 0 spiro atoms. The minimum absolute atomic E-state index is 0.0199. The number of benzene rings is 2. The maximum absolute atomic E-state index is 13.7. The predicted molar refractivity (Wildman–Crippen MR) is 157 cm³/mol. The summed E-state index contributed by atoms with van der Waals surface area (Å²) in [5, 5.41) is 13.4. The molecule has 1 fully saturated rings. The monoisotopic (exact) mass is 704 g/mol. The number of alkyl halides is 6. The number of anilines is 1. The standard InChI is InChI=1S/C29H30F6N6O6S/c1-3-18(2)37-26(42)23-12-13-25(39-38-23)40-14-15-41(48(44,45)22-10-8-21(9-11-22)47-29(33,34)35)24(17-40)27(43)36-16-19-4-6-20(7-5-19)46-28(30,31)32/h4-13,18,24H,3,14-17H2,1-2H3,(H,36,43)(H,37,42)/t18-,24+/m0/s1. The Kier molecular flexibility index (Phi) is 11.0. The summed E-state index contributed by atoms with van der Waals surface area (Å²) in [5.74, 6) is -2.12. The van der Waals surface area contributed by atoms with Gasteiger partial charge in [-0.1, -0.05) is 19.1 Å². The fraction of sp³-hybridized carbons (Fsp3) is 0.379. The van der Waals surface area contributed by atoms with Gasteiger partial charge in [0.1, 0.15) is 17.5 Å². The molecule has 0 radical (unpaired) electrons. The number of nitrogens with one attached hydrogen (secondary N) is 2. The third kappa shape index (κ3) is 9.69. The van der Waals surface area contributed by atoms with Gasteiger partial charge in [0.05, 0.1) is 4.90 Å². The molecule has 260 valence electrons. The topological polar surface area (TPSA) is 143 Å². The van der Waals surface area contributed by atoms with Crippen LogP contribution in [-0.2, 0) is 21.4 Å². The zero-order valence-electron chi connectivity index (χ0n) is 25.4. The first-order chi connectivity index (χ1) is 22.4. The van der Waals surface area contributed by atoms with Gasteiger partial charge in [0.25, 0.3) is 5.91 Å². The highest BCUT2D eigenvalue weighted by Gasteiger charge is 2.41. The summed E-state index contributed by atoms with van der Waals surface area (Å²) in [6.45, 7) is 3.03. The Balaban J connectivity index is 1.55.